The molecule has 8 heteroatoms. The number of carboxylic acids is 1. The van der Waals surface area contributed by atoms with Gasteiger partial charge in [0, 0.05) is 5.56 Å². The predicted molar refractivity (Wildman–Crippen MR) is 86.1 cm³/mol. The minimum atomic E-state index is -1.29. The van der Waals surface area contributed by atoms with Gasteiger partial charge in [-0.05, 0) is 29.8 Å². The maximum Gasteiger partial charge on any atom is 0.231 e. The zero-order valence-electron chi connectivity index (χ0n) is 12.5. The topological polar surface area (TPSA) is 92.2 Å². The van der Waals surface area contributed by atoms with E-state index in [0.29, 0.717) is 33.5 Å². The number of carboxylic acid groups (broad SMARTS) is 1. The lowest BCUT2D eigenvalue weighted by Crippen LogP contribution is -2.22. The molecule has 1 N–H and O–H groups in total. The monoisotopic (exact) mass is 347 g/mol. The number of anilines is 1. The van der Waals surface area contributed by atoms with E-state index in [1.54, 1.807) is 12.1 Å². The van der Waals surface area contributed by atoms with Crippen molar-refractivity contribution in [2.24, 2.45) is 5.10 Å². The summed E-state index contributed by atoms with van der Waals surface area (Å²) in [4.78, 5) is 10.9. The van der Waals surface area contributed by atoms with Crippen LogP contribution in [0.3, 0.4) is 0 Å². The van der Waals surface area contributed by atoms with E-state index >= 15 is 0 Å². The smallest absolute Gasteiger partial charge is 0.231 e. The Hall–Kier alpha value is -2.93. The average Bonchev–Trinajstić information content (AvgIpc) is 3.04. The molecule has 0 atom stereocenters. The van der Waals surface area contributed by atoms with Gasteiger partial charge in [0.2, 0.25) is 12.5 Å². The second-order valence-electron chi connectivity index (χ2n) is 4.81. The first-order valence-corrected chi connectivity index (χ1v) is 7.24. The van der Waals surface area contributed by atoms with Gasteiger partial charge in [0.05, 0.1) is 30.0 Å². The van der Waals surface area contributed by atoms with E-state index in [9.17, 15) is 9.90 Å². The molecule has 0 saturated carbocycles. The van der Waals surface area contributed by atoms with Crippen LogP contribution in [0.5, 0.6) is 17.2 Å². The lowest BCUT2D eigenvalue weighted by atomic mass is 10.2. The molecule has 3 rings (SSSR count). The molecule has 124 valence electrons. The lowest BCUT2D eigenvalue weighted by molar-refractivity contribution is -0.255. The molecule has 0 radical (unpaired) electrons. The summed E-state index contributed by atoms with van der Waals surface area (Å²) in [7, 11) is 1.53. The lowest BCUT2D eigenvalue weighted by Gasteiger charge is -2.08. The summed E-state index contributed by atoms with van der Waals surface area (Å²) >= 11 is 6.00. The Balaban J connectivity index is 1.80. The summed E-state index contributed by atoms with van der Waals surface area (Å²) in [6.07, 6.45) is 1.52. The number of ether oxygens (including phenoxy) is 3. The highest BCUT2D eigenvalue weighted by Crippen LogP contribution is 2.41. The van der Waals surface area contributed by atoms with E-state index in [1.807, 2.05) is 0 Å². The number of hydrogen-bond acceptors (Lipinski definition) is 7. The van der Waals surface area contributed by atoms with Gasteiger partial charge in [0.25, 0.3) is 0 Å². The van der Waals surface area contributed by atoms with E-state index in [-0.39, 0.29) is 12.4 Å². The Morgan fingerprint density at radius 3 is 2.96 bits per heavy atom. The summed E-state index contributed by atoms with van der Waals surface area (Å²) in [5.74, 6) is 0.350. The largest absolute Gasteiger partial charge is 0.545 e. The van der Waals surface area contributed by atoms with E-state index in [4.69, 9.17) is 25.8 Å². The summed E-state index contributed by atoms with van der Waals surface area (Å²) < 4.78 is 15.9. The third-order valence-corrected chi connectivity index (χ3v) is 3.61. The van der Waals surface area contributed by atoms with Crippen LogP contribution in [0.1, 0.15) is 15.9 Å². The standard InChI is InChI=1S/C16H13ClN2O5/c1-22-13-4-9(5-14-15(13)24-8-23-14)7-18-19-12-6-10(16(20)21)2-3-11(12)17/h2-7,19H,8H2,1H3,(H,20,21)/p-1/b18-7-. The molecule has 24 heavy (non-hydrogen) atoms. The molecular formula is C16H12ClN2O5-. The average molecular weight is 348 g/mol. The minimum absolute atomic E-state index is 0.00171. The van der Waals surface area contributed by atoms with Gasteiger partial charge in [-0.25, -0.2) is 0 Å². The van der Waals surface area contributed by atoms with Crippen LogP contribution in [-0.2, 0) is 0 Å². The number of halogens is 1. The van der Waals surface area contributed by atoms with Crippen LogP contribution in [0.25, 0.3) is 0 Å². The number of hydrogen-bond donors (Lipinski definition) is 1. The van der Waals surface area contributed by atoms with Crippen molar-refractivity contribution in [2.75, 3.05) is 19.3 Å². The van der Waals surface area contributed by atoms with E-state index in [0.717, 1.165) is 0 Å². The molecule has 0 fully saturated rings. The first-order chi connectivity index (χ1) is 11.6. The van der Waals surface area contributed by atoms with Gasteiger partial charge in [-0.2, -0.15) is 5.10 Å². The quantitative estimate of drug-likeness (QED) is 0.656. The third-order valence-electron chi connectivity index (χ3n) is 3.28. The van der Waals surface area contributed by atoms with Crippen LogP contribution in [0.15, 0.2) is 35.4 Å². The molecule has 1 aliphatic heterocycles. The first-order valence-electron chi connectivity index (χ1n) is 6.86. The Labute approximate surface area is 142 Å². The molecule has 0 aromatic heterocycles. The van der Waals surface area contributed by atoms with Crippen molar-refractivity contribution in [1.82, 2.24) is 0 Å². The van der Waals surface area contributed by atoms with E-state index in [2.05, 4.69) is 10.5 Å². The van der Waals surface area contributed by atoms with Crippen molar-refractivity contribution < 1.29 is 24.1 Å². The SMILES string of the molecule is COc1cc(/C=N\Nc2cc(C(=O)[O-])ccc2Cl)cc2c1OCO2. The van der Waals surface area contributed by atoms with Crippen LogP contribution in [-0.4, -0.2) is 26.1 Å². The number of hydrazone groups is 1. The Morgan fingerprint density at radius 1 is 1.38 bits per heavy atom. The minimum Gasteiger partial charge on any atom is -0.545 e. The summed E-state index contributed by atoms with van der Waals surface area (Å²) in [5, 5.41) is 15.3. The van der Waals surface area contributed by atoms with Gasteiger partial charge in [-0.1, -0.05) is 17.7 Å². The molecular weight excluding hydrogens is 336 g/mol. The Morgan fingerprint density at radius 2 is 2.21 bits per heavy atom. The molecule has 0 amide bonds. The van der Waals surface area contributed by atoms with Crippen molar-refractivity contribution in [3.05, 3.63) is 46.5 Å². The van der Waals surface area contributed by atoms with Crippen molar-refractivity contribution in [1.29, 1.82) is 0 Å². The number of rotatable bonds is 5. The third kappa shape index (κ3) is 3.21. The molecule has 0 spiro atoms. The Kier molecular flexibility index (Phi) is 4.43. The highest BCUT2D eigenvalue weighted by Gasteiger charge is 2.19. The maximum absolute atomic E-state index is 10.9. The molecule has 2 aromatic rings. The van der Waals surface area contributed by atoms with Crippen molar-refractivity contribution in [3.63, 3.8) is 0 Å². The number of fused-ring (bicyclic) bond motifs is 1. The normalized spacial score (nSPS) is 12.4. The fourth-order valence-corrected chi connectivity index (χ4v) is 2.30. The number of nitrogens with one attached hydrogen (secondary N) is 1. The molecule has 1 heterocycles. The van der Waals surface area contributed by atoms with Gasteiger partial charge in [0.1, 0.15) is 0 Å². The second-order valence-corrected chi connectivity index (χ2v) is 5.22. The maximum atomic E-state index is 10.9. The summed E-state index contributed by atoms with van der Waals surface area (Å²) in [6, 6.07) is 7.63. The molecule has 0 unspecified atom stereocenters. The van der Waals surface area contributed by atoms with Crippen molar-refractivity contribution >= 4 is 29.5 Å². The van der Waals surface area contributed by atoms with Crippen molar-refractivity contribution in [3.8, 4) is 17.2 Å². The second kappa shape index (κ2) is 6.67. The van der Waals surface area contributed by atoms with Crippen LogP contribution < -0.4 is 24.7 Å². The number of carbonyl (C=O) groups is 1. The molecule has 7 nitrogen and oxygen atoms in total. The highest BCUT2D eigenvalue weighted by atomic mass is 35.5. The molecule has 0 saturated heterocycles. The molecule has 1 aliphatic rings. The molecule has 0 bridgehead atoms. The van der Waals surface area contributed by atoms with Crippen LogP contribution in [0.2, 0.25) is 5.02 Å². The van der Waals surface area contributed by atoms with E-state index in [1.165, 1.54) is 31.5 Å². The van der Waals surface area contributed by atoms with E-state index < -0.39 is 5.97 Å². The number of aromatic carboxylic acids is 1. The Bertz CT molecular complexity index is 822. The molecule has 0 aliphatic carbocycles. The number of nitrogens with zero attached hydrogens (tertiary/aromatic N) is 1. The number of carbonyl (C=O) groups excluding carboxylic acids is 1. The van der Waals surface area contributed by atoms with Gasteiger partial charge in [-0.3, -0.25) is 5.43 Å². The zero-order chi connectivity index (χ0) is 17.1. The van der Waals surface area contributed by atoms with Gasteiger partial charge < -0.3 is 24.1 Å². The summed E-state index contributed by atoms with van der Waals surface area (Å²) in [6.45, 7) is 0.135. The number of methoxy groups -OCH3 is 1. The fourth-order valence-electron chi connectivity index (χ4n) is 2.14. The first kappa shape index (κ1) is 15.9. The van der Waals surface area contributed by atoms with Gasteiger partial charge in [0.15, 0.2) is 11.5 Å². The molecule has 2 aromatic carbocycles. The van der Waals surface area contributed by atoms with Crippen LogP contribution in [0.4, 0.5) is 5.69 Å². The predicted octanol–water partition coefficient (Wildman–Crippen LogP) is 1.89. The highest BCUT2D eigenvalue weighted by molar-refractivity contribution is 6.33. The fraction of sp³-hybridized carbons (Fsp3) is 0.125. The zero-order valence-corrected chi connectivity index (χ0v) is 13.3. The van der Waals surface area contributed by atoms with Gasteiger partial charge >= 0.3 is 0 Å². The van der Waals surface area contributed by atoms with Crippen LogP contribution >= 0.6 is 11.6 Å². The van der Waals surface area contributed by atoms with Gasteiger partial charge in [-0.15, -0.1) is 0 Å². The van der Waals surface area contributed by atoms with Crippen molar-refractivity contribution in [2.45, 2.75) is 0 Å². The number of benzene rings is 2. The summed E-state index contributed by atoms with van der Waals surface area (Å²) in [5.41, 5.74) is 3.75. The van der Waals surface area contributed by atoms with Crippen LogP contribution in [0, 0.1) is 0 Å².